The topological polar surface area (TPSA) is 83.2 Å². The van der Waals surface area contributed by atoms with Crippen molar-refractivity contribution in [3.63, 3.8) is 0 Å². The van der Waals surface area contributed by atoms with Gasteiger partial charge in [0.2, 0.25) is 11.7 Å². The lowest BCUT2D eigenvalue weighted by Crippen LogP contribution is -2.39. The van der Waals surface area contributed by atoms with Crippen LogP contribution in [-0.2, 0) is 5.41 Å². The fourth-order valence-electron chi connectivity index (χ4n) is 6.68. The molecule has 43 heavy (non-hydrogen) atoms. The third-order valence-corrected chi connectivity index (χ3v) is 9.11. The zero-order valence-corrected chi connectivity index (χ0v) is 25.3. The van der Waals surface area contributed by atoms with Crippen LogP contribution in [0.15, 0.2) is 66.7 Å². The van der Waals surface area contributed by atoms with Crippen molar-refractivity contribution in [3.8, 4) is 17.2 Å². The Morgan fingerprint density at radius 3 is 2.35 bits per heavy atom. The first-order valence-corrected chi connectivity index (χ1v) is 15.1. The number of nitrogens with one attached hydrogen (secondary N) is 1. The second-order valence-electron chi connectivity index (χ2n) is 11.5. The average molecular weight is 584 g/mol. The van der Waals surface area contributed by atoms with Crippen molar-refractivity contribution in [2.75, 3.05) is 72.0 Å². The van der Waals surface area contributed by atoms with Gasteiger partial charge in [0.25, 0.3) is 5.91 Å². The van der Waals surface area contributed by atoms with Crippen LogP contribution in [-0.4, -0.2) is 92.8 Å². The molecule has 3 aromatic carbocycles. The lowest BCUT2D eigenvalue weighted by Gasteiger charge is -2.33. The van der Waals surface area contributed by atoms with Crippen LogP contribution in [0.1, 0.15) is 35.2 Å². The summed E-state index contributed by atoms with van der Waals surface area (Å²) in [5.74, 6) is 2.39. The molecule has 2 aliphatic rings. The van der Waals surface area contributed by atoms with E-state index >= 15 is 0 Å². The fourth-order valence-corrected chi connectivity index (χ4v) is 6.68. The highest BCUT2D eigenvalue weighted by Crippen LogP contribution is 2.41. The standard InChI is InChI=1S/C34H41N5O4/c1-41-29-22-25(23-30(42-2)31(29)43-3)32(40)39-19-15-34(24-39,26-10-5-4-6-11-26)14-18-37-16-9-17-38(21-20-37)33-35-27-12-7-8-13-28(27)36-33/h4-8,10-13,22-23H,9,14-21,24H2,1-3H3,(H,35,36). The van der Waals surface area contributed by atoms with Gasteiger partial charge in [0.15, 0.2) is 11.5 Å². The Morgan fingerprint density at radius 2 is 1.63 bits per heavy atom. The Labute approximate surface area is 253 Å². The van der Waals surface area contributed by atoms with Gasteiger partial charge >= 0.3 is 0 Å². The van der Waals surface area contributed by atoms with Crippen LogP contribution in [0.4, 0.5) is 5.95 Å². The van der Waals surface area contributed by atoms with E-state index in [1.807, 2.05) is 17.0 Å². The monoisotopic (exact) mass is 583 g/mol. The lowest BCUT2D eigenvalue weighted by atomic mass is 9.76. The second-order valence-corrected chi connectivity index (χ2v) is 11.5. The molecule has 9 nitrogen and oxygen atoms in total. The highest BCUT2D eigenvalue weighted by atomic mass is 16.5. The number of imidazole rings is 1. The van der Waals surface area contributed by atoms with Gasteiger partial charge < -0.3 is 33.9 Å². The molecule has 1 aromatic heterocycles. The molecule has 2 fully saturated rings. The minimum atomic E-state index is -0.109. The van der Waals surface area contributed by atoms with Crippen molar-refractivity contribution in [1.29, 1.82) is 0 Å². The second kappa shape index (κ2) is 12.6. The van der Waals surface area contributed by atoms with Crippen molar-refractivity contribution in [3.05, 3.63) is 77.9 Å². The van der Waals surface area contributed by atoms with E-state index in [1.165, 1.54) is 5.56 Å². The predicted molar refractivity (Wildman–Crippen MR) is 169 cm³/mol. The number of anilines is 1. The van der Waals surface area contributed by atoms with Crippen LogP contribution in [0.5, 0.6) is 17.2 Å². The predicted octanol–water partition coefficient (Wildman–Crippen LogP) is 4.98. The summed E-state index contributed by atoms with van der Waals surface area (Å²) in [5, 5.41) is 0. The minimum absolute atomic E-state index is 0.0201. The summed E-state index contributed by atoms with van der Waals surface area (Å²) < 4.78 is 16.5. The van der Waals surface area contributed by atoms with E-state index in [2.05, 4.69) is 57.2 Å². The maximum absolute atomic E-state index is 13.8. The molecule has 0 radical (unpaired) electrons. The quantitative estimate of drug-likeness (QED) is 0.298. The molecule has 2 aliphatic heterocycles. The molecule has 9 heteroatoms. The zero-order valence-electron chi connectivity index (χ0n) is 25.3. The normalized spacial score (nSPS) is 19.4. The number of aromatic nitrogens is 2. The zero-order chi connectivity index (χ0) is 29.8. The average Bonchev–Trinajstić information content (AvgIpc) is 3.62. The van der Waals surface area contributed by atoms with Gasteiger partial charge in [-0.3, -0.25) is 4.79 Å². The van der Waals surface area contributed by atoms with Crippen LogP contribution in [0, 0.1) is 0 Å². The number of H-pyrrole nitrogens is 1. The Balaban J connectivity index is 1.16. The number of carbonyl (C=O) groups excluding carboxylic acids is 1. The molecule has 226 valence electrons. The number of hydrogen-bond donors (Lipinski definition) is 1. The van der Waals surface area contributed by atoms with E-state index in [4.69, 9.17) is 19.2 Å². The van der Waals surface area contributed by atoms with Crippen molar-refractivity contribution >= 4 is 22.9 Å². The number of para-hydroxylation sites is 2. The van der Waals surface area contributed by atoms with Crippen LogP contribution in [0.25, 0.3) is 11.0 Å². The summed E-state index contributed by atoms with van der Waals surface area (Å²) in [4.78, 5) is 29.1. The summed E-state index contributed by atoms with van der Waals surface area (Å²) in [5.41, 5.74) is 3.82. The Bertz CT molecular complexity index is 1500. The van der Waals surface area contributed by atoms with Crippen molar-refractivity contribution in [2.24, 2.45) is 0 Å². The lowest BCUT2D eigenvalue weighted by molar-refractivity contribution is 0.0780. The van der Waals surface area contributed by atoms with Crippen molar-refractivity contribution < 1.29 is 19.0 Å². The molecule has 0 aliphatic carbocycles. The summed E-state index contributed by atoms with van der Waals surface area (Å²) in [6, 6.07) is 22.4. The fraction of sp³-hybridized carbons (Fsp3) is 0.412. The van der Waals surface area contributed by atoms with Gasteiger partial charge in [-0.15, -0.1) is 0 Å². The first-order valence-electron chi connectivity index (χ1n) is 15.1. The number of methoxy groups -OCH3 is 3. The summed E-state index contributed by atoms with van der Waals surface area (Å²) in [6.45, 7) is 6.30. The number of carbonyl (C=O) groups is 1. The van der Waals surface area contributed by atoms with Gasteiger partial charge in [-0.1, -0.05) is 42.5 Å². The number of amides is 1. The highest BCUT2D eigenvalue weighted by molar-refractivity contribution is 5.96. The SMILES string of the molecule is COc1cc(C(=O)N2CCC(CCN3CCCN(c4nc5ccccc5[nH]4)CC3)(c3ccccc3)C2)cc(OC)c1OC. The van der Waals surface area contributed by atoms with Gasteiger partial charge in [0, 0.05) is 43.7 Å². The number of aromatic amines is 1. The van der Waals surface area contributed by atoms with Gasteiger partial charge in [0.1, 0.15) is 0 Å². The first-order chi connectivity index (χ1) is 21.0. The molecule has 0 spiro atoms. The molecule has 1 unspecified atom stereocenters. The Morgan fingerprint density at radius 1 is 0.884 bits per heavy atom. The number of hydrogen-bond acceptors (Lipinski definition) is 7. The largest absolute Gasteiger partial charge is 0.493 e. The van der Waals surface area contributed by atoms with Crippen LogP contribution in [0.2, 0.25) is 0 Å². The highest BCUT2D eigenvalue weighted by Gasteiger charge is 2.42. The van der Waals surface area contributed by atoms with Crippen molar-refractivity contribution in [2.45, 2.75) is 24.7 Å². The Kier molecular flexibility index (Phi) is 8.42. The van der Waals surface area contributed by atoms with Crippen LogP contribution < -0.4 is 19.1 Å². The van der Waals surface area contributed by atoms with Crippen LogP contribution >= 0.6 is 0 Å². The summed E-state index contributed by atoms with van der Waals surface area (Å²) in [6.07, 6.45) is 2.99. The molecule has 2 saturated heterocycles. The summed E-state index contributed by atoms with van der Waals surface area (Å²) in [7, 11) is 4.71. The third kappa shape index (κ3) is 5.86. The van der Waals surface area contributed by atoms with E-state index in [0.29, 0.717) is 35.9 Å². The number of ether oxygens (including phenoxy) is 3. The maximum Gasteiger partial charge on any atom is 0.254 e. The van der Waals surface area contributed by atoms with E-state index in [-0.39, 0.29) is 11.3 Å². The summed E-state index contributed by atoms with van der Waals surface area (Å²) >= 11 is 0. The number of likely N-dealkylation sites (tertiary alicyclic amines) is 1. The molecule has 3 heterocycles. The van der Waals surface area contributed by atoms with Gasteiger partial charge in [-0.05, 0) is 62.2 Å². The third-order valence-electron chi connectivity index (χ3n) is 9.11. The number of fused-ring (bicyclic) bond motifs is 1. The maximum atomic E-state index is 13.8. The van der Waals surface area contributed by atoms with E-state index in [9.17, 15) is 4.79 Å². The van der Waals surface area contributed by atoms with E-state index in [1.54, 1.807) is 33.5 Å². The number of benzene rings is 3. The number of nitrogens with zero attached hydrogens (tertiary/aromatic N) is 4. The molecule has 1 amide bonds. The molecule has 4 aromatic rings. The number of rotatable bonds is 9. The molecular formula is C34H41N5O4. The molecule has 1 N–H and O–H groups in total. The van der Waals surface area contributed by atoms with Crippen molar-refractivity contribution in [1.82, 2.24) is 19.8 Å². The van der Waals surface area contributed by atoms with Crippen LogP contribution in [0.3, 0.4) is 0 Å². The smallest absolute Gasteiger partial charge is 0.254 e. The molecule has 0 bridgehead atoms. The molecule has 1 atom stereocenters. The van der Waals surface area contributed by atoms with Gasteiger partial charge in [0.05, 0.1) is 32.4 Å². The Hall–Kier alpha value is -4.24. The van der Waals surface area contributed by atoms with E-state index in [0.717, 1.165) is 69.0 Å². The molecule has 0 saturated carbocycles. The van der Waals surface area contributed by atoms with Gasteiger partial charge in [-0.25, -0.2) is 4.98 Å². The van der Waals surface area contributed by atoms with E-state index < -0.39 is 0 Å². The van der Waals surface area contributed by atoms with Gasteiger partial charge in [-0.2, -0.15) is 0 Å². The first kappa shape index (κ1) is 28.9. The molecule has 6 rings (SSSR count). The molecular weight excluding hydrogens is 542 g/mol. The minimum Gasteiger partial charge on any atom is -0.493 e.